The zero-order valence-corrected chi connectivity index (χ0v) is 16.9. The van der Waals surface area contributed by atoms with Gasteiger partial charge in [-0.3, -0.25) is 4.79 Å². The first-order chi connectivity index (χ1) is 11.9. The van der Waals surface area contributed by atoms with Gasteiger partial charge in [0.2, 0.25) is 5.91 Å². The molecule has 0 saturated carbocycles. The van der Waals surface area contributed by atoms with Crippen molar-refractivity contribution in [1.82, 2.24) is 15.1 Å². The van der Waals surface area contributed by atoms with Crippen molar-refractivity contribution in [3.05, 3.63) is 47.0 Å². The molecule has 0 aliphatic carbocycles. The molecule has 1 heterocycles. The number of aromatic nitrogens is 2. The fourth-order valence-corrected chi connectivity index (χ4v) is 3.72. The minimum absolute atomic E-state index is 0.0101. The standard InChI is InChI=1S/C21H30FN3O/c1-14-18(12-19(26)23-21(6,7)13-20(3,4)5)15(2)25(24-14)17-10-8-16(22)9-11-17/h8-11H,12-13H2,1-7H3,(H,23,26). The van der Waals surface area contributed by atoms with Gasteiger partial charge in [0.15, 0.2) is 0 Å². The van der Waals surface area contributed by atoms with E-state index < -0.39 is 0 Å². The molecular formula is C21H30FN3O. The molecule has 0 radical (unpaired) electrons. The first-order valence-corrected chi connectivity index (χ1v) is 9.00. The Morgan fingerprint density at radius 2 is 1.69 bits per heavy atom. The summed E-state index contributed by atoms with van der Waals surface area (Å²) in [6.07, 6.45) is 1.17. The zero-order chi connectivity index (χ0) is 19.7. The largest absolute Gasteiger partial charge is 0.351 e. The van der Waals surface area contributed by atoms with Crippen molar-refractivity contribution in [2.24, 2.45) is 5.41 Å². The molecule has 2 rings (SSSR count). The van der Waals surface area contributed by atoms with Gasteiger partial charge in [0.05, 0.1) is 17.8 Å². The molecule has 2 aromatic rings. The number of hydrogen-bond donors (Lipinski definition) is 1. The molecule has 0 fully saturated rings. The Morgan fingerprint density at radius 3 is 2.23 bits per heavy atom. The Kier molecular flexibility index (Phi) is 5.59. The molecule has 0 aliphatic heterocycles. The predicted molar refractivity (Wildman–Crippen MR) is 103 cm³/mol. The van der Waals surface area contributed by atoms with E-state index in [0.717, 1.165) is 29.1 Å². The van der Waals surface area contributed by atoms with E-state index in [4.69, 9.17) is 0 Å². The number of aryl methyl sites for hydroxylation is 1. The molecule has 0 unspecified atom stereocenters. The minimum Gasteiger partial charge on any atom is -0.351 e. The zero-order valence-electron chi connectivity index (χ0n) is 16.9. The topological polar surface area (TPSA) is 46.9 Å². The van der Waals surface area contributed by atoms with Crippen LogP contribution >= 0.6 is 0 Å². The average molecular weight is 359 g/mol. The molecule has 1 amide bonds. The second kappa shape index (κ2) is 7.22. The van der Waals surface area contributed by atoms with Crippen LogP contribution in [0.1, 0.15) is 58.0 Å². The van der Waals surface area contributed by atoms with Gasteiger partial charge >= 0.3 is 0 Å². The van der Waals surface area contributed by atoms with Gasteiger partial charge in [-0.1, -0.05) is 20.8 Å². The Morgan fingerprint density at radius 1 is 1.12 bits per heavy atom. The summed E-state index contributed by atoms with van der Waals surface area (Å²) in [5, 5.41) is 7.68. The van der Waals surface area contributed by atoms with E-state index in [0.29, 0.717) is 0 Å². The summed E-state index contributed by atoms with van der Waals surface area (Å²) in [7, 11) is 0. The molecule has 1 aromatic heterocycles. The third-order valence-electron chi connectivity index (χ3n) is 4.30. The van der Waals surface area contributed by atoms with Crippen LogP contribution in [-0.4, -0.2) is 21.2 Å². The molecule has 0 atom stereocenters. The molecule has 1 aromatic carbocycles. The van der Waals surface area contributed by atoms with E-state index >= 15 is 0 Å². The highest BCUT2D eigenvalue weighted by Crippen LogP contribution is 2.27. The third kappa shape index (κ3) is 5.16. The van der Waals surface area contributed by atoms with Gasteiger partial charge in [0, 0.05) is 16.8 Å². The molecule has 1 N–H and O–H groups in total. The SMILES string of the molecule is Cc1nn(-c2ccc(F)cc2)c(C)c1CC(=O)NC(C)(C)CC(C)(C)C. The van der Waals surface area contributed by atoms with E-state index in [1.54, 1.807) is 16.8 Å². The molecule has 0 aliphatic rings. The number of nitrogens with zero attached hydrogens (tertiary/aromatic N) is 2. The summed E-state index contributed by atoms with van der Waals surface area (Å²) in [5.74, 6) is -0.292. The number of rotatable bonds is 5. The van der Waals surface area contributed by atoms with Crippen molar-refractivity contribution < 1.29 is 9.18 Å². The maximum absolute atomic E-state index is 13.2. The molecule has 5 heteroatoms. The van der Waals surface area contributed by atoms with Gasteiger partial charge in [0.1, 0.15) is 5.82 Å². The van der Waals surface area contributed by atoms with Crippen molar-refractivity contribution in [3.8, 4) is 5.69 Å². The molecule has 0 bridgehead atoms. The van der Waals surface area contributed by atoms with Crippen molar-refractivity contribution in [2.75, 3.05) is 0 Å². The van der Waals surface area contributed by atoms with Crippen molar-refractivity contribution in [3.63, 3.8) is 0 Å². The van der Waals surface area contributed by atoms with Crippen LogP contribution in [-0.2, 0) is 11.2 Å². The van der Waals surface area contributed by atoms with E-state index in [1.807, 2.05) is 13.8 Å². The van der Waals surface area contributed by atoms with Crippen molar-refractivity contribution in [1.29, 1.82) is 0 Å². The number of amides is 1. The second-order valence-electron chi connectivity index (χ2n) is 8.88. The molecule has 0 spiro atoms. The van der Waals surface area contributed by atoms with Gasteiger partial charge < -0.3 is 5.32 Å². The summed E-state index contributed by atoms with van der Waals surface area (Å²) >= 11 is 0. The normalized spacial score (nSPS) is 12.3. The van der Waals surface area contributed by atoms with Crippen LogP contribution in [0.15, 0.2) is 24.3 Å². The number of halogens is 1. The Balaban J connectivity index is 2.17. The smallest absolute Gasteiger partial charge is 0.224 e. The van der Waals surface area contributed by atoms with E-state index in [1.165, 1.54) is 12.1 Å². The number of carbonyl (C=O) groups is 1. The minimum atomic E-state index is -0.282. The summed E-state index contributed by atoms with van der Waals surface area (Å²) in [4.78, 5) is 12.6. The van der Waals surface area contributed by atoms with Gasteiger partial charge in [-0.15, -0.1) is 0 Å². The van der Waals surface area contributed by atoms with Crippen LogP contribution in [0.5, 0.6) is 0 Å². The molecule has 0 saturated heterocycles. The van der Waals surface area contributed by atoms with Crippen LogP contribution in [0.4, 0.5) is 4.39 Å². The van der Waals surface area contributed by atoms with Crippen LogP contribution in [0.3, 0.4) is 0 Å². The van der Waals surface area contributed by atoms with E-state index in [-0.39, 0.29) is 29.1 Å². The molecule has 4 nitrogen and oxygen atoms in total. The Labute approximate surface area is 155 Å². The number of carbonyl (C=O) groups excluding carboxylic acids is 1. The van der Waals surface area contributed by atoms with Crippen LogP contribution < -0.4 is 5.32 Å². The maximum atomic E-state index is 13.2. The van der Waals surface area contributed by atoms with E-state index in [9.17, 15) is 9.18 Å². The molecule has 142 valence electrons. The molecule has 26 heavy (non-hydrogen) atoms. The summed E-state index contributed by atoms with van der Waals surface area (Å²) < 4.78 is 14.9. The van der Waals surface area contributed by atoms with E-state index in [2.05, 4.69) is 45.0 Å². The van der Waals surface area contributed by atoms with Gasteiger partial charge in [-0.2, -0.15) is 5.10 Å². The van der Waals surface area contributed by atoms with Crippen LogP contribution in [0.25, 0.3) is 5.69 Å². The van der Waals surface area contributed by atoms with Crippen LogP contribution in [0, 0.1) is 25.1 Å². The lowest BCUT2D eigenvalue weighted by molar-refractivity contribution is -0.122. The highest BCUT2D eigenvalue weighted by Gasteiger charge is 2.27. The highest BCUT2D eigenvalue weighted by atomic mass is 19.1. The third-order valence-corrected chi connectivity index (χ3v) is 4.30. The predicted octanol–water partition coefficient (Wildman–Crippen LogP) is 4.50. The van der Waals surface area contributed by atoms with Crippen LogP contribution in [0.2, 0.25) is 0 Å². The monoisotopic (exact) mass is 359 g/mol. The fourth-order valence-electron chi connectivity index (χ4n) is 3.72. The lowest BCUT2D eigenvalue weighted by Gasteiger charge is -2.33. The number of hydrogen-bond acceptors (Lipinski definition) is 2. The highest BCUT2D eigenvalue weighted by molar-refractivity contribution is 5.79. The van der Waals surface area contributed by atoms with Gasteiger partial charge in [-0.25, -0.2) is 9.07 Å². The first kappa shape index (κ1) is 20.1. The molecular weight excluding hydrogens is 329 g/mol. The van der Waals surface area contributed by atoms with Crippen molar-refractivity contribution in [2.45, 2.75) is 66.8 Å². The summed E-state index contributed by atoms with van der Waals surface area (Å²) in [6.45, 7) is 14.4. The second-order valence-corrected chi connectivity index (χ2v) is 8.88. The van der Waals surface area contributed by atoms with Gasteiger partial charge in [0.25, 0.3) is 0 Å². The quantitative estimate of drug-likeness (QED) is 0.854. The lowest BCUT2D eigenvalue weighted by Crippen LogP contribution is -2.46. The average Bonchev–Trinajstić information content (AvgIpc) is 2.73. The fraction of sp³-hybridized carbons (Fsp3) is 0.524. The number of nitrogens with one attached hydrogen (secondary N) is 1. The summed E-state index contributed by atoms with van der Waals surface area (Å²) in [6, 6.07) is 6.19. The Hall–Kier alpha value is -2.17. The number of benzene rings is 1. The van der Waals surface area contributed by atoms with Crippen molar-refractivity contribution >= 4 is 5.91 Å². The first-order valence-electron chi connectivity index (χ1n) is 9.00. The maximum Gasteiger partial charge on any atom is 0.224 e. The lowest BCUT2D eigenvalue weighted by atomic mass is 9.81. The van der Waals surface area contributed by atoms with Gasteiger partial charge in [-0.05, 0) is 63.8 Å². The summed E-state index contributed by atoms with van der Waals surface area (Å²) in [5.41, 5.74) is 3.28. The Bertz CT molecular complexity index is 783.